The molecule has 0 aliphatic carbocycles. The lowest BCUT2D eigenvalue weighted by molar-refractivity contribution is 0.101. The lowest BCUT2D eigenvalue weighted by Gasteiger charge is -2.05. The van der Waals surface area contributed by atoms with Gasteiger partial charge in [0.1, 0.15) is 5.82 Å². The van der Waals surface area contributed by atoms with Crippen LogP contribution in [0.25, 0.3) is 10.2 Å². The van der Waals surface area contributed by atoms with Gasteiger partial charge in [0.05, 0.1) is 15.2 Å². The van der Waals surface area contributed by atoms with Crippen LogP contribution in [0.15, 0.2) is 18.2 Å². The summed E-state index contributed by atoms with van der Waals surface area (Å²) >= 11 is 1.62. The van der Waals surface area contributed by atoms with E-state index in [0.29, 0.717) is 5.82 Å². The summed E-state index contributed by atoms with van der Waals surface area (Å²) in [7, 11) is 0. The number of amides is 1. The molecule has 1 N–H and O–H groups in total. The van der Waals surface area contributed by atoms with Crippen LogP contribution in [0.4, 0.5) is 5.69 Å². The van der Waals surface area contributed by atoms with Crippen LogP contribution in [-0.2, 0) is 13.0 Å². The van der Waals surface area contributed by atoms with E-state index in [1.54, 1.807) is 11.3 Å². The molecule has 0 fully saturated rings. The molecule has 0 spiro atoms. The molecule has 4 rings (SSSR count). The molecule has 1 aliphatic heterocycles. The first-order valence-corrected chi connectivity index (χ1v) is 7.63. The van der Waals surface area contributed by atoms with Crippen LogP contribution >= 0.6 is 11.3 Å². The van der Waals surface area contributed by atoms with Gasteiger partial charge in [-0.2, -0.15) is 0 Å². The monoisotopic (exact) mass is 299 g/mol. The zero-order valence-corrected chi connectivity index (χ0v) is 12.3. The summed E-state index contributed by atoms with van der Waals surface area (Å²) in [6, 6.07) is 5.72. The Morgan fingerprint density at radius 2 is 2.29 bits per heavy atom. The van der Waals surface area contributed by atoms with Gasteiger partial charge in [-0.05, 0) is 31.5 Å². The molecule has 0 saturated heterocycles. The van der Waals surface area contributed by atoms with Gasteiger partial charge in [-0.25, -0.2) is 4.98 Å². The van der Waals surface area contributed by atoms with E-state index in [1.807, 2.05) is 29.7 Å². The molecule has 1 aliphatic rings. The number of fused-ring (bicyclic) bond motifs is 2. The third-order valence-electron chi connectivity index (χ3n) is 3.57. The molecule has 2 aromatic heterocycles. The van der Waals surface area contributed by atoms with Gasteiger partial charge in [-0.3, -0.25) is 4.79 Å². The highest BCUT2D eigenvalue weighted by atomic mass is 32.1. The molecule has 21 heavy (non-hydrogen) atoms. The Hall–Kier alpha value is -2.28. The average molecular weight is 299 g/mol. The molecule has 0 saturated carbocycles. The van der Waals surface area contributed by atoms with Crippen LogP contribution < -0.4 is 5.32 Å². The number of anilines is 1. The maximum Gasteiger partial charge on any atom is 0.293 e. The van der Waals surface area contributed by atoms with E-state index >= 15 is 0 Å². The molecule has 0 unspecified atom stereocenters. The number of hydrogen-bond donors (Lipinski definition) is 1. The summed E-state index contributed by atoms with van der Waals surface area (Å²) in [5.41, 5.74) is 1.71. The Kier molecular flexibility index (Phi) is 2.75. The van der Waals surface area contributed by atoms with Crippen molar-refractivity contribution >= 4 is 33.1 Å². The third kappa shape index (κ3) is 2.09. The fourth-order valence-electron chi connectivity index (χ4n) is 2.62. The molecule has 0 atom stereocenters. The zero-order chi connectivity index (χ0) is 14.4. The van der Waals surface area contributed by atoms with Crippen LogP contribution in [-0.4, -0.2) is 25.7 Å². The topological polar surface area (TPSA) is 72.7 Å². The second-order valence-electron chi connectivity index (χ2n) is 5.06. The van der Waals surface area contributed by atoms with Crippen molar-refractivity contribution in [1.29, 1.82) is 0 Å². The van der Waals surface area contributed by atoms with Gasteiger partial charge >= 0.3 is 0 Å². The predicted molar refractivity (Wildman–Crippen MR) is 80.7 cm³/mol. The van der Waals surface area contributed by atoms with Crippen molar-refractivity contribution in [3.8, 4) is 0 Å². The summed E-state index contributed by atoms with van der Waals surface area (Å²) in [6.07, 6.45) is 1.92. The van der Waals surface area contributed by atoms with E-state index in [-0.39, 0.29) is 5.91 Å². The molecular formula is C14H13N5OS. The highest BCUT2D eigenvalue weighted by Gasteiger charge is 2.22. The summed E-state index contributed by atoms with van der Waals surface area (Å²) < 4.78 is 2.96. The van der Waals surface area contributed by atoms with E-state index in [4.69, 9.17) is 0 Å². The number of benzene rings is 1. The Morgan fingerprint density at radius 1 is 1.38 bits per heavy atom. The predicted octanol–water partition coefficient (Wildman–Crippen LogP) is 2.39. The fraction of sp³-hybridized carbons (Fsp3) is 0.286. The van der Waals surface area contributed by atoms with Gasteiger partial charge in [0.25, 0.3) is 5.91 Å². The molecule has 1 aromatic carbocycles. The number of aryl methyl sites for hydroxylation is 2. The second kappa shape index (κ2) is 4.63. The highest BCUT2D eigenvalue weighted by molar-refractivity contribution is 7.18. The van der Waals surface area contributed by atoms with Crippen LogP contribution in [0.5, 0.6) is 0 Å². The smallest absolute Gasteiger partial charge is 0.293 e. The number of rotatable bonds is 2. The number of hydrogen-bond acceptors (Lipinski definition) is 5. The average Bonchev–Trinajstić information content (AvgIpc) is 3.10. The van der Waals surface area contributed by atoms with Crippen molar-refractivity contribution < 1.29 is 4.79 Å². The van der Waals surface area contributed by atoms with Crippen LogP contribution in [0.1, 0.15) is 27.9 Å². The Morgan fingerprint density at radius 3 is 3.19 bits per heavy atom. The Bertz CT molecular complexity index is 850. The second-order valence-corrected chi connectivity index (χ2v) is 6.30. The SMILES string of the molecule is Cc1nc2ccc(NC(=O)c3nnc4n3CCC4)cc2s1. The van der Waals surface area contributed by atoms with Crippen molar-refractivity contribution in [1.82, 2.24) is 19.7 Å². The number of nitrogens with one attached hydrogen (secondary N) is 1. The minimum atomic E-state index is -0.212. The minimum absolute atomic E-state index is 0.212. The summed E-state index contributed by atoms with van der Waals surface area (Å²) in [6.45, 7) is 2.79. The maximum atomic E-state index is 12.3. The highest BCUT2D eigenvalue weighted by Crippen LogP contribution is 2.25. The van der Waals surface area contributed by atoms with Gasteiger partial charge in [0.2, 0.25) is 5.82 Å². The molecule has 106 valence electrons. The van der Waals surface area contributed by atoms with E-state index in [2.05, 4.69) is 20.5 Å². The lowest BCUT2D eigenvalue weighted by atomic mass is 10.3. The van der Waals surface area contributed by atoms with Gasteiger partial charge < -0.3 is 9.88 Å². The molecule has 0 radical (unpaired) electrons. The standard InChI is InChI=1S/C14H13N5OS/c1-8-15-10-5-4-9(7-11(10)21-8)16-14(20)13-18-17-12-3-2-6-19(12)13/h4-5,7H,2-3,6H2,1H3,(H,16,20). The number of nitrogens with zero attached hydrogens (tertiary/aromatic N) is 4. The van der Waals surface area contributed by atoms with E-state index in [0.717, 1.165) is 46.1 Å². The van der Waals surface area contributed by atoms with Crippen molar-refractivity contribution in [2.24, 2.45) is 0 Å². The van der Waals surface area contributed by atoms with Gasteiger partial charge in [0, 0.05) is 18.7 Å². The lowest BCUT2D eigenvalue weighted by Crippen LogP contribution is -2.17. The summed E-state index contributed by atoms with van der Waals surface area (Å²) in [4.78, 5) is 16.7. The number of thiazole rings is 1. The number of aromatic nitrogens is 4. The van der Waals surface area contributed by atoms with Crippen LogP contribution in [0.2, 0.25) is 0 Å². The summed E-state index contributed by atoms with van der Waals surface area (Å²) in [5.74, 6) is 1.08. The molecule has 6 nitrogen and oxygen atoms in total. The first-order valence-electron chi connectivity index (χ1n) is 6.81. The van der Waals surface area contributed by atoms with Crippen molar-refractivity contribution in [2.45, 2.75) is 26.3 Å². The minimum Gasteiger partial charge on any atom is -0.319 e. The van der Waals surface area contributed by atoms with Crippen molar-refractivity contribution in [3.63, 3.8) is 0 Å². The first-order chi connectivity index (χ1) is 10.2. The van der Waals surface area contributed by atoms with Crippen molar-refractivity contribution in [2.75, 3.05) is 5.32 Å². The normalized spacial score (nSPS) is 13.6. The van der Waals surface area contributed by atoms with Gasteiger partial charge in [-0.1, -0.05) is 0 Å². The Labute approximate surface area is 124 Å². The van der Waals surface area contributed by atoms with Gasteiger partial charge in [0.15, 0.2) is 0 Å². The first kappa shape index (κ1) is 12.5. The van der Waals surface area contributed by atoms with Crippen molar-refractivity contribution in [3.05, 3.63) is 34.9 Å². The zero-order valence-electron chi connectivity index (χ0n) is 11.5. The maximum absolute atomic E-state index is 12.3. The van der Waals surface area contributed by atoms with E-state index in [9.17, 15) is 4.79 Å². The van der Waals surface area contributed by atoms with E-state index in [1.165, 1.54) is 0 Å². The largest absolute Gasteiger partial charge is 0.319 e. The summed E-state index contributed by atoms with van der Waals surface area (Å²) in [5, 5.41) is 12.0. The molecule has 7 heteroatoms. The molecule has 3 aromatic rings. The molecule has 1 amide bonds. The van der Waals surface area contributed by atoms with Crippen LogP contribution in [0, 0.1) is 6.92 Å². The fourth-order valence-corrected chi connectivity index (χ4v) is 3.49. The number of carbonyl (C=O) groups excluding carboxylic acids is 1. The van der Waals surface area contributed by atoms with Crippen LogP contribution in [0.3, 0.4) is 0 Å². The molecule has 3 heterocycles. The van der Waals surface area contributed by atoms with E-state index < -0.39 is 0 Å². The quantitative estimate of drug-likeness (QED) is 0.788. The van der Waals surface area contributed by atoms with Gasteiger partial charge in [-0.15, -0.1) is 21.5 Å². The third-order valence-corrected chi connectivity index (χ3v) is 4.50. The number of carbonyl (C=O) groups is 1. The molecule has 0 bridgehead atoms. The Balaban J connectivity index is 1.62. The molecular weight excluding hydrogens is 286 g/mol.